The molecule has 2 amide bonds. The van der Waals surface area contributed by atoms with Gasteiger partial charge in [0.15, 0.2) is 0 Å². The molecule has 0 spiro atoms. The number of nitrogens with one attached hydrogen (secondary N) is 1. The highest BCUT2D eigenvalue weighted by Crippen LogP contribution is 2.18. The number of carbonyl (C=O) groups is 1. The highest BCUT2D eigenvalue weighted by Gasteiger charge is 2.17. The summed E-state index contributed by atoms with van der Waals surface area (Å²) in [4.78, 5) is 14.1. The molecule has 1 aromatic heterocycles. The number of rotatable bonds is 4. The van der Waals surface area contributed by atoms with Crippen molar-refractivity contribution in [3.63, 3.8) is 0 Å². The molecule has 23 heavy (non-hydrogen) atoms. The average molecular weight is 315 g/mol. The number of hydrogen-bond donors (Lipinski definition) is 1. The molecule has 1 N–H and O–H groups in total. The smallest absolute Gasteiger partial charge is 0.317 e. The van der Waals surface area contributed by atoms with Crippen molar-refractivity contribution in [3.05, 3.63) is 51.9 Å². The lowest BCUT2D eigenvalue weighted by atomic mass is 10.0. The lowest BCUT2D eigenvalue weighted by molar-refractivity contribution is 0.203. The maximum absolute atomic E-state index is 12.4. The van der Waals surface area contributed by atoms with Crippen LogP contribution in [-0.4, -0.2) is 23.1 Å². The van der Waals surface area contributed by atoms with Crippen LogP contribution in [0.3, 0.4) is 0 Å². The Morgan fingerprint density at radius 2 is 1.83 bits per heavy atom. The van der Waals surface area contributed by atoms with E-state index in [0.29, 0.717) is 6.54 Å². The Bertz CT molecular complexity index is 667. The Morgan fingerprint density at radius 3 is 2.35 bits per heavy atom. The van der Waals surface area contributed by atoms with Crippen molar-refractivity contribution in [1.82, 2.24) is 15.4 Å². The molecule has 0 aliphatic rings. The van der Waals surface area contributed by atoms with E-state index in [-0.39, 0.29) is 12.1 Å². The molecular weight excluding hydrogens is 290 g/mol. The molecule has 0 saturated carbocycles. The maximum atomic E-state index is 12.4. The summed E-state index contributed by atoms with van der Waals surface area (Å²) in [7, 11) is 1.77. The van der Waals surface area contributed by atoms with Crippen LogP contribution in [0.5, 0.6) is 0 Å². The number of benzene rings is 1. The van der Waals surface area contributed by atoms with E-state index in [1.807, 2.05) is 20.8 Å². The summed E-state index contributed by atoms with van der Waals surface area (Å²) in [6.45, 7) is 10.3. The number of amides is 2. The van der Waals surface area contributed by atoms with E-state index in [2.05, 4.69) is 42.5 Å². The molecular formula is C18H25N3O2. The van der Waals surface area contributed by atoms with Crippen LogP contribution in [0.15, 0.2) is 22.7 Å². The van der Waals surface area contributed by atoms with Crippen LogP contribution in [-0.2, 0) is 6.54 Å². The molecule has 1 heterocycles. The molecule has 0 saturated heterocycles. The first-order valence-electron chi connectivity index (χ1n) is 7.79. The third-order valence-corrected chi connectivity index (χ3v) is 4.01. The number of aromatic nitrogens is 1. The first kappa shape index (κ1) is 17.1. The van der Waals surface area contributed by atoms with Gasteiger partial charge in [-0.15, -0.1) is 0 Å². The van der Waals surface area contributed by atoms with Gasteiger partial charge in [-0.1, -0.05) is 34.5 Å². The van der Waals surface area contributed by atoms with Crippen LogP contribution in [0.25, 0.3) is 0 Å². The van der Waals surface area contributed by atoms with Crippen LogP contribution >= 0.6 is 0 Å². The molecule has 0 fully saturated rings. The van der Waals surface area contributed by atoms with Gasteiger partial charge in [-0.2, -0.15) is 0 Å². The Kier molecular flexibility index (Phi) is 5.08. The topological polar surface area (TPSA) is 58.4 Å². The third kappa shape index (κ3) is 4.12. The predicted molar refractivity (Wildman–Crippen MR) is 90.3 cm³/mol. The molecule has 1 atom stereocenters. The molecule has 124 valence electrons. The summed E-state index contributed by atoms with van der Waals surface area (Å²) in [6.07, 6.45) is 0. The second-order valence-corrected chi connectivity index (χ2v) is 6.25. The average Bonchev–Trinajstić information content (AvgIpc) is 2.77. The van der Waals surface area contributed by atoms with Crippen LogP contribution in [0, 0.1) is 27.7 Å². The highest BCUT2D eigenvalue weighted by atomic mass is 16.5. The Labute approximate surface area is 137 Å². The van der Waals surface area contributed by atoms with Gasteiger partial charge in [0.2, 0.25) is 0 Å². The molecule has 5 nitrogen and oxygen atoms in total. The fraction of sp³-hybridized carbons (Fsp3) is 0.444. The molecule has 2 rings (SSSR count). The standard InChI is InChI=1S/C18H25N3O2/c1-11-7-12(2)9-16(8-11)13(3)19-18(22)21(6)10-17-14(4)20-23-15(17)5/h7-9,13H,10H2,1-6H3,(H,19,22). The van der Waals surface area contributed by atoms with E-state index in [9.17, 15) is 4.79 Å². The summed E-state index contributed by atoms with van der Waals surface area (Å²) in [5.41, 5.74) is 5.29. The minimum absolute atomic E-state index is 0.0479. The first-order chi connectivity index (χ1) is 10.8. The zero-order valence-corrected chi connectivity index (χ0v) is 14.7. The first-order valence-corrected chi connectivity index (χ1v) is 7.79. The van der Waals surface area contributed by atoms with Crippen molar-refractivity contribution >= 4 is 6.03 Å². The van der Waals surface area contributed by atoms with Crippen molar-refractivity contribution in [2.75, 3.05) is 7.05 Å². The molecule has 0 bridgehead atoms. The van der Waals surface area contributed by atoms with E-state index < -0.39 is 0 Å². The lowest BCUT2D eigenvalue weighted by Crippen LogP contribution is -2.38. The normalized spacial score (nSPS) is 12.1. The molecule has 1 unspecified atom stereocenters. The quantitative estimate of drug-likeness (QED) is 0.933. The number of hydrogen-bond acceptors (Lipinski definition) is 3. The predicted octanol–water partition coefficient (Wildman–Crippen LogP) is 3.81. The SMILES string of the molecule is Cc1cc(C)cc(C(C)NC(=O)N(C)Cc2c(C)noc2C)c1. The highest BCUT2D eigenvalue weighted by molar-refractivity contribution is 5.74. The zero-order chi connectivity index (χ0) is 17.1. The largest absolute Gasteiger partial charge is 0.361 e. The van der Waals surface area contributed by atoms with Gasteiger partial charge < -0.3 is 14.7 Å². The van der Waals surface area contributed by atoms with Gasteiger partial charge in [0.05, 0.1) is 18.3 Å². The fourth-order valence-corrected chi connectivity index (χ4v) is 2.68. The van der Waals surface area contributed by atoms with Crippen molar-refractivity contribution in [2.45, 2.75) is 47.2 Å². The van der Waals surface area contributed by atoms with Crippen LogP contribution in [0.4, 0.5) is 4.79 Å². The monoisotopic (exact) mass is 315 g/mol. The minimum atomic E-state index is -0.114. The van der Waals surface area contributed by atoms with Crippen molar-refractivity contribution < 1.29 is 9.32 Å². The Hall–Kier alpha value is -2.30. The summed E-state index contributed by atoms with van der Waals surface area (Å²) in [5.74, 6) is 0.754. The minimum Gasteiger partial charge on any atom is -0.361 e. The van der Waals surface area contributed by atoms with E-state index in [0.717, 1.165) is 22.6 Å². The molecule has 0 aliphatic carbocycles. The van der Waals surface area contributed by atoms with Gasteiger partial charge in [0, 0.05) is 12.6 Å². The van der Waals surface area contributed by atoms with Gasteiger partial charge in [-0.25, -0.2) is 4.79 Å². The van der Waals surface area contributed by atoms with Gasteiger partial charge in [-0.3, -0.25) is 0 Å². The van der Waals surface area contributed by atoms with Crippen LogP contribution in [0.1, 0.15) is 46.7 Å². The summed E-state index contributed by atoms with van der Waals surface area (Å²) < 4.78 is 5.14. The van der Waals surface area contributed by atoms with E-state index in [4.69, 9.17) is 4.52 Å². The van der Waals surface area contributed by atoms with Gasteiger partial charge in [0.25, 0.3) is 0 Å². The van der Waals surface area contributed by atoms with Crippen molar-refractivity contribution in [1.29, 1.82) is 0 Å². The lowest BCUT2D eigenvalue weighted by Gasteiger charge is -2.22. The second kappa shape index (κ2) is 6.86. The second-order valence-electron chi connectivity index (χ2n) is 6.25. The summed E-state index contributed by atoms with van der Waals surface area (Å²) >= 11 is 0. The van der Waals surface area contributed by atoms with Crippen LogP contribution in [0.2, 0.25) is 0 Å². The van der Waals surface area contributed by atoms with Gasteiger partial charge in [-0.05, 0) is 40.2 Å². The molecule has 2 aromatic rings. The van der Waals surface area contributed by atoms with Crippen LogP contribution < -0.4 is 5.32 Å². The maximum Gasteiger partial charge on any atom is 0.317 e. The van der Waals surface area contributed by atoms with Gasteiger partial charge in [0.1, 0.15) is 5.76 Å². The number of nitrogens with zero attached hydrogens (tertiary/aromatic N) is 2. The summed E-state index contributed by atoms with van der Waals surface area (Å²) in [5, 5.41) is 6.96. The number of urea groups is 1. The molecule has 1 aromatic carbocycles. The Balaban J connectivity index is 2.03. The van der Waals surface area contributed by atoms with Crippen molar-refractivity contribution in [3.8, 4) is 0 Å². The molecule has 5 heteroatoms. The number of aryl methyl sites for hydroxylation is 4. The van der Waals surface area contributed by atoms with Crippen molar-refractivity contribution in [2.24, 2.45) is 0 Å². The van der Waals surface area contributed by atoms with E-state index >= 15 is 0 Å². The van der Waals surface area contributed by atoms with Gasteiger partial charge >= 0.3 is 6.03 Å². The number of carbonyl (C=O) groups excluding carboxylic acids is 1. The molecule has 0 radical (unpaired) electrons. The molecule has 0 aliphatic heterocycles. The zero-order valence-electron chi connectivity index (χ0n) is 14.7. The summed E-state index contributed by atoms with van der Waals surface area (Å²) in [6, 6.07) is 6.17. The third-order valence-electron chi connectivity index (χ3n) is 4.01. The Morgan fingerprint density at radius 1 is 1.22 bits per heavy atom. The van der Waals surface area contributed by atoms with E-state index in [1.54, 1.807) is 11.9 Å². The fourth-order valence-electron chi connectivity index (χ4n) is 2.68. The van der Waals surface area contributed by atoms with E-state index in [1.165, 1.54) is 11.1 Å².